The molecule has 0 rings (SSSR count). The molecule has 0 fully saturated rings. The Balaban J connectivity index is 4.38. The summed E-state index contributed by atoms with van der Waals surface area (Å²) in [4.78, 5) is 23.2. The number of quaternary nitrogens is 1. The van der Waals surface area contributed by atoms with Crippen molar-refractivity contribution in [2.24, 2.45) is 0 Å². The molecule has 0 aliphatic rings. The molecule has 1 amide bonds. The van der Waals surface area contributed by atoms with Crippen LogP contribution in [0.4, 0.5) is 0 Å². The van der Waals surface area contributed by atoms with E-state index in [1.54, 1.807) is 6.08 Å². The van der Waals surface area contributed by atoms with Crippen LogP contribution in [-0.4, -0.2) is 73.4 Å². The maximum atomic E-state index is 12.9. The maximum absolute atomic E-state index is 12.9. The minimum Gasteiger partial charge on any atom is -0.387 e. The quantitative estimate of drug-likeness (QED) is 0.0243. The number of unbranched alkanes of at least 4 members (excludes halogenated alkanes) is 23. The van der Waals surface area contributed by atoms with Gasteiger partial charge in [-0.1, -0.05) is 209 Å². The van der Waals surface area contributed by atoms with Crippen LogP contribution in [-0.2, 0) is 18.4 Å². The van der Waals surface area contributed by atoms with E-state index in [2.05, 4.69) is 79.9 Å². The molecule has 9 heteroatoms. The zero-order chi connectivity index (χ0) is 46.4. The second kappa shape index (κ2) is 45.1. The van der Waals surface area contributed by atoms with Crippen molar-refractivity contribution >= 4 is 13.7 Å². The number of carbonyl (C=O) groups excluding carboxylic acids is 1. The molecule has 3 N–H and O–H groups in total. The van der Waals surface area contributed by atoms with Gasteiger partial charge in [-0.25, -0.2) is 4.57 Å². The van der Waals surface area contributed by atoms with Gasteiger partial charge in [0.15, 0.2) is 0 Å². The summed E-state index contributed by atoms with van der Waals surface area (Å²) in [5.74, 6) is -0.197. The number of nitrogens with zero attached hydrogens (tertiary/aromatic N) is 1. The number of aliphatic hydroxyl groups is 1. The van der Waals surface area contributed by atoms with Crippen LogP contribution < -0.4 is 5.32 Å². The van der Waals surface area contributed by atoms with Crippen molar-refractivity contribution in [1.29, 1.82) is 0 Å². The van der Waals surface area contributed by atoms with Gasteiger partial charge in [0.2, 0.25) is 5.91 Å². The molecule has 0 aromatic heterocycles. The van der Waals surface area contributed by atoms with Crippen LogP contribution in [0, 0.1) is 0 Å². The highest BCUT2D eigenvalue weighted by Gasteiger charge is 2.27. The summed E-state index contributed by atoms with van der Waals surface area (Å²) in [6.07, 6.45) is 61.3. The van der Waals surface area contributed by atoms with Gasteiger partial charge >= 0.3 is 7.82 Å². The fourth-order valence-electron chi connectivity index (χ4n) is 7.11. The number of aliphatic hydroxyl groups excluding tert-OH is 1. The van der Waals surface area contributed by atoms with Gasteiger partial charge in [0.25, 0.3) is 0 Å². The Morgan fingerprint density at radius 3 is 1.46 bits per heavy atom. The summed E-state index contributed by atoms with van der Waals surface area (Å²) in [5.41, 5.74) is 0. The van der Waals surface area contributed by atoms with E-state index in [0.717, 1.165) is 70.6 Å². The second-order valence-corrected chi connectivity index (χ2v) is 20.0. The topological polar surface area (TPSA) is 105 Å². The van der Waals surface area contributed by atoms with Crippen molar-refractivity contribution in [1.82, 2.24) is 5.32 Å². The van der Waals surface area contributed by atoms with Crippen molar-refractivity contribution < 1.29 is 32.9 Å². The molecule has 0 heterocycles. The Bertz CT molecular complexity index is 1250. The monoisotopic (exact) mass is 904 g/mol. The Kier molecular flexibility index (Phi) is 43.6. The van der Waals surface area contributed by atoms with Gasteiger partial charge in [-0.3, -0.25) is 13.8 Å². The molecule has 0 radical (unpaired) electrons. The van der Waals surface area contributed by atoms with Crippen molar-refractivity contribution in [3.63, 3.8) is 0 Å². The van der Waals surface area contributed by atoms with Crippen LogP contribution in [0.5, 0.6) is 0 Å². The lowest BCUT2D eigenvalue weighted by molar-refractivity contribution is -0.870. The third-order valence-corrected chi connectivity index (χ3v) is 12.1. The van der Waals surface area contributed by atoms with Crippen LogP contribution >= 0.6 is 7.82 Å². The first-order valence-corrected chi connectivity index (χ1v) is 27.3. The lowest BCUT2D eigenvalue weighted by Crippen LogP contribution is -2.45. The van der Waals surface area contributed by atoms with Crippen LogP contribution in [0.15, 0.2) is 72.9 Å². The predicted molar refractivity (Wildman–Crippen MR) is 272 cm³/mol. The number of phosphoric acid groups is 1. The van der Waals surface area contributed by atoms with Crippen LogP contribution in [0.25, 0.3) is 0 Å². The number of hydrogen-bond donors (Lipinski definition) is 3. The fraction of sp³-hybridized carbons (Fsp3) is 0.759. The molecule has 0 bridgehead atoms. The summed E-state index contributed by atoms with van der Waals surface area (Å²) in [6, 6.07) is -0.872. The molecule has 366 valence electrons. The van der Waals surface area contributed by atoms with Crippen molar-refractivity contribution in [3.05, 3.63) is 72.9 Å². The summed E-state index contributed by atoms with van der Waals surface area (Å²) < 4.78 is 23.6. The van der Waals surface area contributed by atoms with E-state index in [-0.39, 0.29) is 19.1 Å². The van der Waals surface area contributed by atoms with Gasteiger partial charge in [0, 0.05) is 6.42 Å². The molecule has 0 aromatic carbocycles. The fourth-order valence-corrected chi connectivity index (χ4v) is 7.84. The van der Waals surface area contributed by atoms with E-state index >= 15 is 0 Å². The molecule has 0 aliphatic heterocycles. The molecule has 8 nitrogen and oxygen atoms in total. The number of rotatable bonds is 46. The number of carbonyl (C=O) groups is 1. The van der Waals surface area contributed by atoms with Gasteiger partial charge in [-0.2, -0.15) is 0 Å². The Morgan fingerprint density at radius 1 is 0.556 bits per heavy atom. The van der Waals surface area contributed by atoms with Gasteiger partial charge in [-0.15, -0.1) is 0 Å². The largest absolute Gasteiger partial charge is 0.472 e. The zero-order valence-electron chi connectivity index (χ0n) is 41.5. The van der Waals surface area contributed by atoms with Crippen LogP contribution in [0.3, 0.4) is 0 Å². The predicted octanol–water partition coefficient (Wildman–Crippen LogP) is 15.1. The number of hydrogen-bond acceptors (Lipinski definition) is 5. The minimum absolute atomic E-state index is 0.0513. The van der Waals surface area contributed by atoms with Gasteiger partial charge in [0.1, 0.15) is 13.2 Å². The molecular formula is C54H100N2O6P+. The number of amides is 1. The van der Waals surface area contributed by atoms with E-state index in [4.69, 9.17) is 9.05 Å². The molecular weight excluding hydrogens is 804 g/mol. The van der Waals surface area contributed by atoms with E-state index in [9.17, 15) is 19.4 Å². The lowest BCUT2D eigenvalue weighted by Gasteiger charge is -2.25. The maximum Gasteiger partial charge on any atom is 0.472 e. The van der Waals surface area contributed by atoms with Gasteiger partial charge in [0.05, 0.1) is 39.9 Å². The van der Waals surface area contributed by atoms with Crippen molar-refractivity contribution in [3.8, 4) is 0 Å². The molecule has 0 saturated heterocycles. The third kappa shape index (κ3) is 47.7. The summed E-state index contributed by atoms with van der Waals surface area (Å²) >= 11 is 0. The zero-order valence-corrected chi connectivity index (χ0v) is 42.4. The first-order chi connectivity index (χ1) is 30.5. The average molecular weight is 904 g/mol. The summed E-state index contributed by atoms with van der Waals surface area (Å²) in [7, 11) is 1.54. The number of allylic oxidation sites excluding steroid dienone is 11. The first-order valence-electron chi connectivity index (χ1n) is 25.8. The normalized spacial score (nSPS) is 14.7. The number of phosphoric ester groups is 1. The van der Waals surface area contributed by atoms with Gasteiger partial charge < -0.3 is 19.8 Å². The summed E-state index contributed by atoms with van der Waals surface area (Å²) in [5, 5.41) is 13.9. The molecule has 0 spiro atoms. The van der Waals surface area contributed by atoms with Crippen molar-refractivity contribution in [2.45, 2.75) is 225 Å². The minimum atomic E-state index is -4.36. The average Bonchev–Trinajstić information content (AvgIpc) is 3.24. The molecule has 3 atom stereocenters. The van der Waals surface area contributed by atoms with Crippen LogP contribution in [0.2, 0.25) is 0 Å². The lowest BCUT2D eigenvalue weighted by atomic mass is 10.0. The van der Waals surface area contributed by atoms with E-state index in [1.165, 1.54) is 122 Å². The first kappa shape index (κ1) is 60.9. The molecule has 0 aromatic rings. The van der Waals surface area contributed by atoms with Crippen molar-refractivity contribution in [2.75, 3.05) is 40.9 Å². The number of likely N-dealkylation sites (N-methyl/N-ethyl adjacent to an activating group) is 1. The second-order valence-electron chi connectivity index (χ2n) is 18.5. The Labute approximate surface area is 389 Å². The van der Waals surface area contributed by atoms with E-state index in [0.29, 0.717) is 17.4 Å². The molecule has 0 aliphatic carbocycles. The SMILES string of the molecule is CC/C=C\C/C=C\C/C=C\C/C=C\CCCCCCCCCCC(=O)NC(COP(=O)(O)OCC[N+](C)(C)C)C(O)/C=C/CC/C=C/CCCCCCCCCCCCCCCC. The van der Waals surface area contributed by atoms with Gasteiger partial charge in [-0.05, 0) is 70.6 Å². The highest BCUT2D eigenvalue weighted by molar-refractivity contribution is 7.47. The highest BCUT2D eigenvalue weighted by Crippen LogP contribution is 2.43. The smallest absolute Gasteiger partial charge is 0.387 e. The standard InChI is InChI=1S/C54H99N2O6P/c1-6-8-10-12-14-16-18-20-22-24-26-28-30-32-34-36-38-40-42-44-46-48-54(58)55-52(51-62-63(59,60)61-50-49-56(3,4)5)53(57)47-45-43-41-39-37-35-33-31-29-27-25-23-21-19-17-15-13-11-9-7-2/h8,10,14,16,20,22,26,28,37,39,45,47,52-53,57H,6-7,9,11-13,15,17-19,21,23-25,27,29-36,38,40-44,46,48-51H2,1-5H3,(H-,55,58,59,60)/p+1/b10-8-,16-14-,22-20-,28-26-,39-37+,47-45+. The Hall–Kier alpha value is -2.06. The van der Waals surface area contributed by atoms with Crippen LogP contribution in [0.1, 0.15) is 213 Å². The highest BCUT2D eigenvalue weighted by atomic mass is 31.2. The summed E-state index contributed by atoms with van der Waals surface area (Å²) in [6.45, 7) is 4.68. The molecule has 63 heavy (non-hydrogen) atoms. The Morgan fingerprint density at radius 2 is 0.968 bits per heavy atom. The number of nitrogens with one attached hydrogen (secondary N) is 1. The third-order valence-electron chi connectivity index (χ3n) is 11.2. The van der Waals surface area contributed by atoms with E-state index < -0.39 is 20.0 Å². The molecule has 0 saturated carbocycles. The van der Waals surface area contributed by atoms with E-state index in [1.807, 2.05) is 27.2 Å². The molecule has 3 unspecified atom stereocenters.